The van der Waals surface area contributed by atoms with Crippen molar-refractivity contribution in [2.45, 2.75) is 13.3 Å². The van der Waals surface area contributed by atoms with Crippen LogP contribution in [0.3, 0.4) is 0 Å². The van der Waals surface area contributed by atoms with Crippen molar-refractivity contribution in [2.24, 2.45) is 0 Å². The molecule has 1 aromatic rings. The van der Waals surface area contributed by atoms with Gasteiger partial charge in [-0.2, -0.15) is 0 Å². The zero-order valence-electron chi connectivity index (χ0n) is 10.8. The lowest BCUT2D eigenvalue weighted by atomic mass is 10.2. The van der Waals surface area contributed by atoms with Crippen molar-refractivity contribution < 1.29 is 9.53 Å². The molecular weight excluding hydrogens is 252 g/mol. The van der Waals surface area contributed by atoms with E-state index in [1.807, 2.05) is 0 Å². The summed E-state index contributed by atoms with van der Waals surface area (Å²) in [7, 11) is 1.52. The Morgan fingerprint density at radius 1 is 1.39 bits per heavy atom. The summed E-state index contributed by atoms with van der Waals surface area (Å²) in [5, 5.41) is 6.60. The van der Waals surface area contributed by atoms with Gasteiger partial charge >= 0.3 is 0 Å². The summed E-state index contributed by atoms with van der Waals surface area (Å²) < 4.78 is 5.13. The SMILES string of the molecule is CCNCCCNC(=O)c1ccc(Cl)cc1OC. The van der Waals surface area contributed by atoms with Crippen molar-refractivity contribution in [3.8, 4) is 5.75 Å². The van der Waals surface area contributed by atoms with Gasteiger partial charge in [0, 0.05) is 11.6 Å². The number of halogens is 1. The van der Waals surface area contributed by atoms with E-state index in [4.69, 9.17) is 16.3 Å². The summed E-state index contributed by atoms with van der Waals surface area (Å²) >= 11 is 5.84. The summed E-state index contributed by atoms with van der Waals surface area (Å²) in [5.74, 6) is 0.353. The van der Waals surface area contributed by atoms with Crippen LogP contribution >= 0.6 is 11.6 Å². The molecule has 0 heterocycles. The van der Waals surface area contributed by atoms with Crippen LogP contribution in [0, 0.1) is 0 Å². The first-order valence-corrected chi connectivity index (χ1v) is 6.39. The van der Waals surface area contributed by atoms with Gasteiger partial charge in [-0.1, -0.05) is 18.5 Å². The van der Waals surface area contributed by atoms with Gasteiger partial charge in [0.2, 0.25) is 0 Å². The number of carbonyl (C=O) groups excluding carboxylic acids is 1. The zero-order valence-corrected chi connectivity index (χ0v) is 11.5. The second-order valence-corrected chi connectivity index (χ2v) is 4.24. The first kappa shape index (κ1) is 14.8. The molecule has 0 atom stereocenters. The van der Waals surface area contributed by atoms with E-state index in [-0.39, 0.29) is 5.91 Å². The summed E-state index contributed by atoms with van der Waals surface area (Å²) in [6.45, 7) is 4.53. The molecule has 1 aromatic carbocycles. The number of hydrogen-bond donors (Lipinski definition) is 2. The molecule has 0 aromatic heterocycles. The van der Waals surface area contributed by atoms with Gasteiger partial charge in [-0.3, -0.25) is 4.79 Å². The largest absolute Gasteiger partial charge is 0.496 e. The van der Waals surface area contributed by atoms with Crippen molar-refractivity contribution >= 4 is 17.5 Å². The normalized spacial score (nSPS) is 10.2. The van der Waals surface area contributed by atoms with Gasteiger partial charge in [0.25, 0.3) is 5.91 Å². The van der Waals surface area contributed by atoms with E-state index in [0.717, 1.165) is 19.5 Å². The van der Waals surface area contributed by atoms with Crippen molar-refractivity contribution in [3.05, 3.63) is 28.8 Å². The first-order chi connectivity index (χ1) is 8.69. The monoisotopic (exact) mass is 270 g/mol. The molecule has 2 N–H and O–H groups in total. The van der Waals surface area contributed by atoms with E-state index < -0.39 is 0 Å². The number of hydrogen-bond acceptors (Lipinski definition) is 3. The van der Waals surface area contributed by atoms with Gasteiger partial charge in [0.05, 0.1) is 12.7 Å². The minimum atomic E-state index is -0.139. The molecule has 0 radical (unpaired) electrons. The predicted octanol–water partition coefficient (Wildman–Crippen LogP) is 2.08. The molecule has 0 bridgehead atoms. The number of carbonyl (C=O) groups is 1. The highest BCUT2D eigenvalue weighted by atomic mass is 35.5. The lowest BCUT2D eigenvalue weighted by molar-refractivity contribution is 0.0950. The van der Waals surface area contributed by atoms with Crippen molar-refractivity contribution in [3.63, 3.8) is 0 Å². The second-order valence-electron chi connectivity index (χ2n) is 3.81. The summed E-state index contributed by atoms with van der Waals surface area (Å²) in [5.41, 5.74) is 0.505. The fourth-order valence-electron chi connectivity index (χ4n) is 1.54. The average molecular weight is 271 g/mol. The highest BCUT2D eigenvalue weighted by Gasteiger charge is 2.11. The van der Waals surface area contributed by atoms with E-state index in [9.17, 15) is 4.79 Å². The van der Waals surface area contributed by atoms with Crippen LogP contribution in [-0.2, 0) is 0 Å². The van der Waals surface area contributed by atoms with Crippen LogP contribution < -0.4 is 15.4 Å². The first-order valence-electron chi connectivity index (χ1n) is 6.01. The second kappa shape index (κ2) is 7.95. The Balaban J connectivity index is 2.51. The molecular formula is C13H19ClN2O2. The molecule has 0 aliphatic heterocycles. The molecule has 0 aliphatic carbocycles. The van der Waals surface area contributed by atoms with Crippen LogP contribution in [-0.4, -0.2) is 32.7 Å². The number of nitrogens with one attached hydrogen (secondary N) is 2. The smallest absolute Gasteiger partial charge is 0.255 e. The molecule has 1 amide bonds. The fourth-order valence-corrected chi connectivity index (χ4v) is 1.70. The third-order valence-electron chi connectivity index (χ3n) is 2.47. The number of ether oxygens (including phenoxy) is 1. The Bertz CT molecular complexity index is 397. The molecule has 0 unspecified atom stereocenters. The highest BCUT2D eigenvalue weighted by molar-refractivity contribution is 6.30. The lowest BCUT2D eigenvalue weighted by Crippen LogP contribution is -2.27. The Morgan fingerprint density at radius 2 is 2.17 bits per heavy atom. The molecule has 5 heteroatoms. The fraction of sp³-hybridized carbons (Fsp3) is 0.462. The summed E-state index contributed by atoms with van der Waals surface area (Å²) in [6, 6.07) is 4.98. The zero-order chi connectivity index (χ0) is 13.4. The van der Waals surface area contributed by atoms with Crippen LogP contribution in [0.15, 0.2) is 18.2 Å². The quantitative estimate of drug-likeness (QED) is 0.746. The van der Waals surface area contributed by atoms with Gasteiger partial charge in [0.15, 0.2) is 0 Å². The topological polar surface area (TPSA) is 50.4 Å². The van der Waals surface area contributed by atoms with Crippen molar-refractivity contribution in [1.82, 2.24) is 10.6 Å². The van der Waals surface area contributed by atoms with Crippen LogP contribution in [0.5, 0.6) is 5.75 Å². The highest BCUT2D eigenvalue weighted by Crippen LogP contribution is 2.22. The number of methoxy groups -OCH3 is 1. The summed E-state index contributed by atoms with van der Waals surface area (Å²) in [4.78, 5) is 11.9. The van der Waals surface area contributed by atoms with Crippen LogP contribution in [0.25, 0.3) is 0 Å². The lowest BCUT2D eigenvalue weighted by Gasteiger charge is -2.09. The molecule has 1 rings (SSSR count). The maximum absolute atomic E-state index is 11.9. The van der Waals surface area contributed by atoms with E-state index in [1.54, 1.807) is 18.2 Å². The summed E-state index contributed by atoms with van der Waals surface area (Å²) in [6.07, 6.45) is 0.898. The van der Waals surface area contributed by atoms with Crippen molar-refractivity contribution in [1.29, 1.82) is 0 Å². The van der Waals surface area contributed by atoms with E-state index in [2.05, 4.69) is 17.6 Å². The van der Waals surface area contributed by atoms with E-state index in [1.165, 1.54) is 7.11 Å². The number of amides is 1. The Morgan fingerprint density at radius 3 is 2.83 bits per heavy atom. The van der Waals surface area contributed by atoms with Gasteiger partial charge in [-0.15, -0.1) is 0 Å². The minimum Gasteiger partial charge on any atom is -0.496 e. The maximum atomic E-state index is 11.9. The molecule has 0 spiro atoms. The number of rotatable bonds is 7. The van der Waals surface area contributed by atoms with E-state index in [0.29, 0.717) is 22.9 Å². The minimum absolute atomic E-state index is 0.139. The Labute approximate surface area is 113 Å². The van der Waals surface area contributed by atoms with Crippen LogP contribution in [0.2, 0.25) is 5.02 Å². The molecule has 0 saturated carbocycles. The Kier molecular flexibility index (Phi) is 6.54. The van der Waals surface area contributed by atoms with Crippen LogP contribution in [0.4, 0.5) is 0 Å². The van der Waals surface area contributed by atoms with Gasteiger partial charge in [-0.05, 0) is 37.7 Å². The maximum Gasteiger partial charge on any atom is 0.255 e. The number of benzene rings is 1. The van der Waals surface area contributed by atoms with Gasteiger partial charge in [-0.25, -0.2) is 0 Å². The van der Waals surface area contributed by atoms with Gasteiger partial charge < -0.3 is 15.4 Å². The van der Waals surface area contributed by atoms with E-state index >= 15 is 0 Å². The molecule has 4 nitrogen and oxygen atoms in total. The third kappa shape index (κ3) is 4.55. The average Bonchev–Trinajstić information content (AvgIpc) is 2.38. The van der Waals surface area contributed by atoms with Crippen LogP contribution in [0.1, 0.15) is 23.7 Å². The molecule has 100 valence electrons. The molecule has 18 heavy (non-hydrogen) atoms. The predicted molar refractivity (Wildman–Crippen MR) is 73.5 cm³/mol. The standard InChI is InChI=1S/C13H19ClN2O2/c1-3-15-7-4-8-16-13(17)11-6-5-10(14)9-12(11)18-2/h5-6,9,15H,3-4,7-8H2,1-2H3,(H,16,17). The Hall–Kier alpha value is -1.26. The third-order valence-corrected chi connectivity index (χ3v) is 2.71. The molecule has 0 saturated heterocycles. The molecule has 0 aliphatic rings. The van der Waals surface area contributed by atoms with Crippen molar-refractivity contribution in [2.75, 3.05) is 26.7 Å². The van der Waals surface area contributed by atoms with Gasteiger partial charge in [0.1, 0.15) is 5.75 Å². The molecule has 0 fully saturated rings.